The van der Waals surface area contributed by atoms with Crippen LogP contribution in [0.25, 0.3) is 0 Å². The Labute approximate surface area is 259 Å². The number of rotatable bonds is 8. The monoisotopic (exact) mass is 608 g/mol. The molecule has 2 aromatic rings. The van der Waals surface area contributed by atoms with Crippen molar-refractivity contribution in [3.63, 3.8) is 0 Å². The summed E-state index contributed by atoms with van der Waals surface area (Å²) in [6.45, 7) is 12.4. The molecule has 3 heterocycles. The van der Waals surface area contributed by atoms with Crippen molar-refractivity contribution in [2.24, 2.45) is 5.92 Å². The van der Waals surface area contributed by atoms with Crippen LogP contribution in [0.5, 0.6) is 0 Å². The maximum Gasteiger partial charge on any atom is 0.407 e. The number of benzene rings is 2. The van der Waals surface area contributed by atoms with E-state index < -0.39 is 16.6 Å². The first-order valence-corrected chi connectivity index (χ1v) is 17.1. The van der Waals surface area contributed by atoms with Crippen molar-refractivity contribution in [2.45, 2.75) is 81.8 Å². The van der Waals surface area contributed by atoms with E-state index in [2.05, 4.69) is 39.4 Å². The Kier molecular flexibility index (Phi) is 10.6. The van der Waals surface area contributed by atoms with E-state index in [1.165, 1.54) is 37.8 Å². The Morgan fingerprint density at radius 2 is 1.60 bits per heavy atom. The number of aldehydes is 1. The van der Waals surface area contributed by atoms with Gasteiger partial charge < -0.3 is 19.9 Å². The minimum Gasteiger partial charge on any atom is -0.444 e. The van der Waals surface area contributed by atoms with Gasteiger partial charge in [-0.15, -0.1) is 0 Å². The van der Waals surface area contributed by atoms with E-state index in [1.807, 2.05) is 49.3 Å². The molecule has 9 heteroatoms. The van der Waals surface area contributed by atoms with Crippen LogP contribution < -0.4 is 10.2 Å². The van der Waals surface area contributed by atoms with Crippen LogP contribution >= 0.6 is 0 Å². The standard InChI is InChI=1S/C34H48N4O4S/c1-34(2,3)42-33(40)35-30-15-21-38(22-16-30)43(41)32-6-4-5-31(23-32)37-19-11-26(12-20-37)24-36-17-13-29(14-18-36)28-9-7-27(25-39)8-10-28/h4-10,23,25-26,29-30H,11-22,24H2,1-3H3,(H,35,40). The fourth-order valence-corrected chi connectivity index (χ4v) is 7.87. The third-order valence-electron chi connectivity index (χ3n) is 9.06. The second-order valence-corrected chi connectivity index (χ2v) is 14.9. The molecule has 1 unspecified atom stereocenters. The van der Waals surface area contributed by atoms with Crippen molar-refractivity contribution in [1.29, 1.82) is 0 Å². The van der Waals surface area contributed by atoms with E-state index >= 15 is 0 Å². The number of alkyl carbamates (subject to hydrolysis) is 1. The molecule has 0 aliphatic carbocycles. The molecular formula is C34H48N4O4S. The highest BCUT2D eigenvalue weighted by atomic mass is 32.2. The van der Waals surface area contributed by atoms with E-state index in [4.69, 9.17) is 4.74 Å². The van der Waals surface area contributed by atoms with E-state index in [0.717, 1.165) is 61.5 Å². The minimum absolute atomic E-state index is 0.0451. The Hall–Kier alpha value is -2.75. The van der Waals surface area contributed by atoms with Crippen LogP contribution in [0, 0.1) is 5.92 Å². The van der Waals surface area contributed by atoms with Crippen LogP contribution in [0.3, 0.4) is 0 Å². The van der Waals surface area contributed by atoms with Gasteiger partial charge in [0.2, 0.25) is 0 Å². The topological polar surface area (TPSA) is 82.2 Å². The number of carbonyl (C=O) groups is 2. The van der Waals surface area contributed by atoms with Gasteiger partial charge in [-0.3, -0.25) is 4.79 Å². The Balaban J connectivity index is 1.05. The number of amides is 1. The third-order valence-corrected chi connectivity index (χ3v) is 10.5. The number of hydrogen-bond donors (Lipinski definition) is 1. The summed E-state index contributed by atoms with van der Waals surface area (Å²) >= 11 is 0. The molecule has 3 saturated heterocycles. The summed E-state index contributed by atoms with van der Waals surface area (Å²) < 4.78 is 20.9. The van der Waals surface area contributed by atoms with Crippen molar-refractivity contribution >= 4 is 29.1 Å². The van der Waals surface area contributed by atoms with Crippen LogP contribution in [0.15, 0.2) is 53.4 Å². The number of piperidine rings is 3. The molecular weight excluding hydrogens is 560 g/mol. The van der Waals surface area contributed by atoms with Crippen LogP contribution in [0.2, 0.25) is 0 Å². The molecule has 3 aliphatic rings. The minimum atomic E-state index is -1.22. The first kappa shape index (κ1) is 31.7. The SMILES string of the molecule is CC(C)(C)OC(=O)NC1CCN(S(=O)c2cccc(N3CCC(CN4CCC(c5ccc(C=O)cc5)CC4)CC3)c2)CC1. The van der Waals surface area contributed by atoms with Gasteiger partial charge in [0.15, 0.2) is 0 Å². The maximum atomic E-state index is 13.5. The fraction of sp³-hybridized carbons (Fsp3) is 0.588. The zero-order valence-electron chi connectivity index (χ0n) is 26.0. The number of ether oxygens (including phenoxy) is 1. The number of nitrogens with zero attached hydrogens (tertiary/aromatic N) is 3. The molecule has 0 bridgehead atoms. The summed E-state index contributed by atoms with van der Waals surface area (Å²) in [4.78, 5) is 29.0. The normalized spacial score (nSPS) is 21.0. The zero-order chi connectivity index (χ0) is 30.4. The number of likely N-dealkylation sites (tertiary alicyclic amines) is 1. The molecule has 234 valence electrons. The van der Waals surface area contributed by atoms with Crippen molar-refractivity contribution in [1.82, 2.24) is 14.5 Å². The Morgan fingerprint density at radius 3 is 2.23 bits per heavy atom. The number of anilines is 1. The molecule has 0 saturated carbocycles. The van der Waals surface area contributed by atoms with Gasteiger partial charge in [-0.05, 0) is 108 Å². The van der Waals surface area contributed by atoms with Crippen LogP contribution in [0.1, 0.15) is 81.1 Å². The highest BCUT2D eigenvalue weighted by Crippen LogP contribution is 2.31. The molecule has 5 rings (SSSR count). The van der Waals surface area contributed by atoms with Crippen molar-refractivity contribution in [2.75, 3.05) is 50.7 Å². The highest BCUT2D eigenvalue weighted by molar-refractivity contribution is 7.82. The van der Waals surface area contributed by atoms with Gasteiger partial charge in [0, 0.05) is 50.0 Å². The summed E-state index contributed by atoms with van der Waals surface area (Å²) in [6, 6.07) is 16.4. The molecule has 8 nitrogen and oxygen atoms in total. The summed E-state index contributed by atoms with van der Waals surface area (Å²) in [5, 5.41) is 2.96. The lowest BCUT2D eigenvalue weighted by Gasteiger charge is -2.38. The van der Waals surface area contributed by atoms with Gasteiger partial charge in [-0.1, -0.05) is 30.3 Å². The molecule has 1 N–H and O–H groups in total. The van der Waals surface area contributed by atoms with Crippen LogP contribution in [-0.2, 0) is 15.7 Å². The lowest BCUT2D eigenvalue weighted by molar-refractivity contribution is 0.0489. The van der Waals surface area contributed by atoms with Gasteiger partial charge in [0.1, 0.15) is 22.9 Å². The molecule has 3 aliphatic heterocycles. The molecule has 2 aromatic carbocycles. The smallest absolute Gasteiger partial charge is 0.407 e. The second-order valence-electron chi connectivity index (χ2n) is 13.4. The van der Waals surface area contributed by atoms with E-state index in [1.54, 1.807) is 0 Å². The van der Waals surface area contributed by atoms with E-state index in [9.17, 15) is 13.8 Å². The second kappa shape index (κ2) is 14.4. The summed E-state index contributed by atoms with van der Waals surface area (Å²) in [5.41, 5.74) is 2.75. The Morgan fingerprint density at radius 1 is 0.930 bits per heavy atom. The fourth-order valence-electron chi connectivity index (χ4n) is 6.61. The molecule has 0 aromatic heterocycles. The van der Waals surface area contributed by atoms with Crippen molar-refractivity contribution in [3.05, 3.63) is 59.7 Å². The molecule has 1 atom stereocenters. The van der Waals surface area contributed by atoms with Crippen LogP contribution in [0.4, 0.5) is 10.5 Å². The summed E-state index contributed by atoms with van der Waals surface area (Å²) in [5.74, 6) is 1.31. The number of hydrogen-bond acceptors (Lipinski definition) is 6. The van der Waals surface area contributed by atoms with E-state index in [-0.39, 0.29) is 12.1 Å². The van der Waals surface area contributed by atoms with E-state index in [0.29, 0.717) is 24.9 Å². The number of carbonyl (C=O) groups excluding carboxylic acids is 2. The van der Waals surface area contributed by atoms with Gasteiger partial charge in [-0.25, -0.2) is 13.3 Å². The average Bonchev–Trinajstić information content (AvgIpc) is 3.01. The molecule has 1 amide bonds. The van der Waals surface area contributed by atoms with Gasteiger partial charge in [0.25, 0.3) is 0 Å². The Bertz CT molecular complexity index is 1240. The first-order valence-electron chi connectivity index (χ1n) is 16.0. The lowest BCUT2D eigenvalue weighted by atomic mass is 9.88. The molecule has 0 radical (unpaired) electrons. The summed E-state index contributed by atoms with van der Waals surface area (Å²) in [7, 11) is -1.22. The van der Waals surface area contributed by atoms with Gasteiger partial charge >= 0.3 is 6.09 Å². The molecule has 3 fully saturated rings. The predicted octanol–water partition coefficient (Wildman–Crippen LogP) is 5.61. The largest absolute Gasteiger partial charge is 0.444 e. The summed E-state index contributed by atoms with van der Waals surface area (Å²) in [6.07, 6.45) is 6.76. The molecule has 0 spiro atoms. The first-order chi connectivity index (χ1) is 20.7. The third kappa shape index (κ3) is 8.89. The number of nitrogens with one attached hydrogen (secondary N) is 1. The highest BCUT2D eigenvalue weighted by Gasteiger charge is 2.28. The predicted molar refractivity (Wildman–Crippen MR) is 172 cm³/mol. The van der Waals surface area contributed by atoms with Gasteiger partial charge in [0.05, 0.1) is 4.90 Å². The average molecular weight is 609 g/mol. The maximum absolute atomic E-state index is 13.5. The lowest BCUT2D eigenvalue weighted by Crippen LogP contribution is -2.46. The molecule has 43 heavy (non-hydrogen) atoms. The van der Waals surface area contributed by atoms with Gasteiger partial charge in [-0.2, -0.15) is 0 Å². The quantitative estimate of drug-likeness (QED) is 0.393. The zero-order valence-corrected chi connectivity index (χ0v) is 26.8. The van der Waals surface area contributed by atoms with Crippen LogP contribution in [-0.4, -0.2) is 83.2 Å². The van der Waals surface area contributed by atoms with Crippen molar-refractivity contribution < 1.29 is 18.5 Å². The van der Waals surface area contributed by atoms with Crippen molar-refractivity contribution in [3.8, 4) is 0 Å².